The van der Waals surface area contributed by atoms with Crippen molar-refractivity contribution >= 4 is 11.6 Å². The Morgan fingerprint density at radius 2 is 1.94 bits per heavy atom. The van der Waals surface area contributed by atoms with Crippen LogP contribution in [-0.2, 0) is 0 Å². The van der Waals surface area contributed by atoms with E-state index in [2.05, 4.69) is 27.7 Å². The summed E-state index contributed by atoms with van der Waals surface area (Å²) in [5.74, 6) is 1.87. The molecule has 0 radical (unpaired) electrons. The van der Waals surface area contributed by atoms with Crippen LogP contribution in [-0.4, -0.2) is 29.6 Å². The Morgan fingerprint density at radius 1 is 1.19 bits per heavy atom. The lowest BCUT2D eigenvalue weighted by molar-refractivity contribution is 0.272. The summed E-state index contributed by atoms with van der Waals surface area (Å²) in [7, 11) is 0. The van der Waals surface area contributed by atoms with Crippen LogP contribution in [0, 0.1) is 0 Å². The van der Waals surface area contributed by atoms with Crippen molar-refractivity contribution in [3.05, 3.63) is 18.2 Å². The molecule has 1 aromatic rings. The third-order valence-corrected chi connectivity index (χ3v) is 2.74. The van der Waals surface area contributed by atoms with E-state index >= 15 is 0 Å². The smallest absolute Gasteiger partial charge is 0.142 e. The van der Waals surface area contributed by atoms with E-state index in [1.54, 1.807) is 0 Å². The average Bonchev–Trinajstić information content (AvgIpc) is 2.31. The molecule has 16 heavy (non-hydrogen) atoms. The first-order valence-electron chi connectivity index (χ1n) is 6.11. The van der Waals surface area contributed by atoms with Crippen LogP contribution in [0.2, 0.25) is 0 Å². The fraction of sp³-hybridized carbons (Fsp3) is 0.583. The Kier molecular flexibility index (Phi) is 3.99. The number of piperidine rings is 1. The molecule has 2 N–H and O–H groups in total. The van der Waals surface area contributed by atoms with Crippen LogP contribution in [0.1, 0.15) is 26.2 Å². The Labute approximate surface area is 97.0 Å². The highest BCUT2D eigenvalue weighted by molar-refractivity contribution is 5.44. The van der Waals surface area contributed by atoms with Crippen molar-refractivity contribution in [3.63, 3.8) is 0 Å². The van der Waals surface area contributed by atoms with Crippen molar-refractivity contribution in [1.82, 2.24) is 9.99 Å². The summed E-state index contributed by atoms with van der Waals surface area (Å²) in [6.07, 6.45) is 3.91. The molecule has 2 rings (SSSR count). The van der Waals surface area contributed by atoms with Gasteiger partial charge in [-0.1, -0.05) is 12.5 Å². The number of nitrogens with zero attached hydrogens (tertiary/aromatic N) is 2. The third kappa shape index (κ3) is 3.10. The lowest BCUT2D eigenvalue weighted by atomic mass is 10.2. The first kappa shape index (κ1) is 11.2. The molecule has 0 atom stereocenters. The van der Waals surface area contributed by atoms with Gasteiger partial charge in [0.1, 0.15) is 11.6 Å². The van der Waals surface area contributed by atoms with Gasteiger partial charge in [0.05, 0.1) is 0 Å². The second-order valence-electron chi connectivity index (χ2n) is 4.10. The Hall–Kier alpha value is -1.29. The van der Waals surface area contributed by atoms with Crippen LogP contribution in [0.25, 0.3) is 0 Å². The van der Waals surface area contributed by atoms with Crippen molar-refractivity contribution in [2.24, 2.45) is 0 Å². The van der Waals surface area contributed by atoms with E-state index in [-0.39, 0.29) is 0 Å². The topological polar surface area (TPSA) is 40.2 Å². The molecular weight excluding hydrogens is 200 g/mol. The van der Waals surface area contributed by atoms with E-state index in [9.17, 15) is 0 Å². The lowest BCUT2D eigenvalue weighted by Gasteiger charge is -2.27. The molecule has 4 nitrogen and oxygen atoms in total. The Bertz CT molecular complexity index is 321. The maximum absolute atomic E-state index is 4.49. The van der Waals surface area contributed by atoms with Crippen molar-refractivity contribution in [1.29, 1.82) is 0 Å². The second kappa shape index (κ2) is 5.70. The second-order valence-corrected chi connectivity index (χ2v) is 4.10. The van der Waals surface area contributed by atoms with Crippen molar-refractivity contribution < 1.29 is 0 Å². The quantitative estimate of drug-likeness (QED) is 0.817. The standard InChI is InChI=1S/C12H20N4/c1-2-13-11-7-6-8-12(14-11)15-16-9-4-3-5-10-16/h6-8H,2-5,9-10H2,1H3,(H2,13,14,15). The van der Waals surface area contributed by atoms with Gasteiger partial charge in [-0.3, -0.25) is 0 Å². The maximum atomic E-state index is 4.49. The fourth-order valence-corrected chi connectivity index (χ4v) is 1.94. The molecule has 1 fully saturated rings. The van der Waals surface area contributed by atoms with Crippen LogP contribution < -0.4 is 10.7 Å². The van der Waals surface area contributed by atoms with Gasteiger partial charge in [-0.25, -0.2) is 9.99 Å². The van der Waals surface area contributed by atoms with Gasteiger partial charge in [0.2, 0.25) is 0 Å². The van der Waals surface area contributed by atoms with Crippen LogP contribution in [0.5, 0.6) is 0 Å². The number of hydrogen-bond acceptors (Lipinski definition) is 4. The van der Waals surface area contributed by atoms with Gasteiger partial charge in [-0.2, -0.15) is 0 Å². The molecule has 0 aliphatic carbocycles. The molecule has 0 bridgehead atoms. The zero-order chi connectivity index (χ0) is 11.2. The van der Waals surface area contributed by atoms with Gasteiger partial charge in [-0.05, 0) is 31.9 Å². The van der Waals surface area contributed by atoms with Crippen LogP contribution in [0.15, 0.2) is 18.2 Å². The number of aromatic nitrogens is 1. The molecule has 1 aromatic heterocycles. The molecule has 0 amide bonds. The summed E-state index contributed by atoms with van der Waals surface area (Å²) < 4.78 is 0. The SMILES string of the molecule is CCNc1cccc(NN2CCCCC2)n1. The fourth-order valence-electron chi connectivity index (χ4n) is 1.94. The zero-order valence-corrected chi connectivity index (χ0v) is 9.87. The molecule has 0 spiro atoms. The van der Waals surface area contributed by atoms with Crippen molar-refractivity contribution in [3.8, 4) is 0 Å². The molecule has 0 aromatic carbocycles. The summed E-state index contributed by atoms with van der Waals surface area (Å²) in [6.45, 7) is 5.22. The highest BCUT2D eigenvalue weighted by Crippen LogP contribution is 2.13. The molecule has 88 valence electrons. The molecular formula is C12H20N4. The molecule has 0 unspecified atom stereocenters. The average molecular weight is 220 g/mol. The van der Waals surface area contributed by atoms with E-state index in [1.165, 1.54) is 19.3 Å². The Balaban J connectivity index is 1.94. The lowest BCUT2D eigenvalue weighted by Crippen LogP contribution is -2.35. The molecule has 2 heterocycles. The van der Waals surface area contributed by atoms with Crippen LogP contribution in [0.3, 0.4) is 0 Å². The predicted molar refractivity (Wildman–Crippen MR) is 67.4 cm³/mol. The van der Waals surface area contributed by atoms with Gasteiger partial charge >= 0.3 is 0 Å². The van der Waals surface area contributed by atoms with E-state index in [0.29, 0.717) is 0 Å². The van der Waals surface area contributed by atoms with Crippen LogP contribution in [0.4, 0.5) is 11.6 Å². The van der Waals surface area contributed by atoms with Crippen molar-refractivity contribution in [2.45, 2.75) is 26.2 Å². The summed E-state index contributed by atoms with van der Waals surface area (Å²) in [6, 6.07) is 6.03. The third-order valence-electron chi connectivity index (χ3n) is 2.74. The highest BCUT2D eigenvalue weighted by atomic mass is 15.5. The van der Waals surface area contributed by atoms with Gasteiger partial charge < -0.3 is 10.7 Å². The van der Waals surface area contributed by atoms with Gasteiger partial charge in [-0.15, -0.1) is 0 Å². The zero-order valence-electron chi connectivity index (χ0n) is 9.87. The molecule has 1 saturated heterocycles. The number of hydrazine groups is 1. The molecule has 4 heteroatoms. The number of pyridine rings is 1. The van der Waals surface area contributed by atoms with E-state index in [0.717, 1.165) is 31.3 Å². The van der Waals surface area contributed by atoms with Gasteiger partial charge in [0, 0.05) is 19.6 Å². The first-order chi connectivity index (χ1) is 7.88. The minimum Gasteiger partial charge on any atom is -0.370 e. The monoisotopic (exact) mass is 220 g/mol. The summed E-state index contributed by atoms with van der Waals surface area (Å²) >= 11 is 0. The van der Waals surface area contributed by atoms with E-state index in [4.69, 9.17) is 0 Å². The number of nitrogens with one attached hydrogen (secondary N) is 2. The minimum absolute atomic E-state index is 0.903. The van der Waals surface area contributed by atoms with Crippen LogP contribution >= 0.6 is 0 Å². The summed E-state index contributed by atoms with van der Waals surface area (Å²) in [5, 5.41) is 5.47. The van der Waals surface area contributed by atoms with Gasteiger partial charge in [0.15, 0.2) is 0 Å². The maximum Gasteiger partial charge on any atom is 0.142 e. The predicted octanol–water partition coefficient (Wildman–Crippen LogP) is 2.33. The Morgan fingerprint density at radius 3 is 2.69 bits per heavy atom. The summed E-state index contributed by atoms with van der Waals surface area (Å²) in [4.78, 5) is 4.49. The molecule has 1 aliphatic heterocycles. The molecule has 0 saturated carbocycles. The highest BCUT2D eigenvalue weighted by Gasteiger charge is 2.09. The first-order valence-corrected chi connectivity index (χ1v) is 6.11. The number of rotatable bonds is 4. The largest absolute Gasteiger partial charge is 0.370 e. The number of anilines is 2. The van der Waals surface area contributed by atoms with Crippen molar-refractivity contribution in [2.75, 3.05) is 30.4 Å². The minimum atomic E-state index is 0.903. The number of hydrogen-bond donors (Lipinski definition) is 2. The summed E-state index contributed by atoms with van der Waals surface area (Å²) in [5.41, 5.74) is 3.36. The molecule has 1 aliphatic rings. The van der Waals surface area contributed by atoms with E-state index < -0.39 is 0 Å². The normalized spacial score (nSPS) is 17.1. The van der Waals surface area contributed by atoms with E-state index in [1.807, 2.05) is 18.2 Å². The van der Waals surface area contributed by atoms with Gasteiger partial charge in [0.25, 0.3) is 0 Å².